The Kier molecular flexibility index (Phi) is 5.29. The van der Waals surface area contributed by atoms with Gasteiger partial charge in [-0.1, -0.05) is 41.4 Å². The average molecular weight is 409 g/mol. The van der Waals surface area contributed by atoms with Crippen LogP contribution in [0.3, 0.4) is 0 Å². The number of carbonyl (C=O) groups is 1. The second-order valence-electron chi connectivity index (χ2n) is 7.16. The number of aromatic nitrogens is 2. The van der Waals surface area contributed by atoms with Gasteiger partial charge in [0.25, 0.3) is 5.91 Å². The number of primary amides is 1. The van der Waals surface area contributed by atoms with Crippen LogP contribution < -0.4 is 10.6 Å². The van der Waals surface area contributed by atoms with Gasteiger partial charge in [-0.15, -0.1) is 10.2 Å². The first-order valence-corrected chi connectivity index (χ1v) is 10.7. The van der Waals surface area contributed by atoms with Crippen molar-refractivity contribution >= 4 is 33.6 Å². The number of fused-ring (bicyclic) bond motifs is 1. The average Bonchev–Trinajstić information content (AvgIpc) is 3.53. The Labute approximate surface area is 171 Å². The van der Waals surface area contributed by atoms with Crippen LogP contribution in [0.25, 0.3) is 22.0 Å². The summed E-state index contributed by atoms with van der Waals surface area (Å²) in [6, 6.07) is 13.6. The van der Waals surface area contributed by atoms with Crippen molar-refractivity contribution in [3.63, 3.8) is 0 Å². The Bertz CT molecular complexity index is 1110. The Morgan fingerprint density at radius 2 is 1.97 bits per heavy atom. The van der Waals surface area contributed by atoms with Crippen LogP contribution in [0.2, 0.25) is 0 Å². The highest BCUT2D eigenvalue weighted by atomic mass is 32.2. The van der Waals surface area contributed by atoms with Gasteiger partial charge in [0.15, 0.2) is 5.69 Å². The second kappa shape index (κ2) is 7.88. The van der Waals surface area contributed by atoms with Crippen molar-refractivity contribution < 1.29 is 13.6 Å². The molecule has 0 saturated heterocycles. The number of rotatable bonds is 7. The maximum absolute atomic E-state index is 12.0. The molecule has 0 radical (unpaired) electrons. The molecule has 1 aliphatic rings. The van der Waals surface area contributed by atoms with Gasteiger partial charge in [0.2, 0.25) is 0 Å². The highest BCUT2D eigenvalue weighted by Gasteiger charge is 2.32. The molecule has 1 heterocycles. The molecule has 1 atom stereocenters. The van der Waals surface area contributed by atoms with Gasteiger partial charge in [-0.2, -0.15) is 0 Å². The molecule has 3 aromatic rings. The molecule has 1 aromatic heterocycles. The largest absolute Gasteiger partial charge is 0.772 e. The Hall–Kier alpha value is -2.84. The molecular formula is C21H21N4O3S-. The first kappa shape index (κ1) is 19.5. The van der Waals surface area contributed by atoms with E-state index in [1.807, 2.05) is 36.4 Å². The Morgan fingerprint density at radius 1 is 1.21 bits per heavy atom. The lowest BCUT2D eigenvalue weighted by Crippen LogP contribution is -2.29. The summed E-state index contributed by atoms with van der Waals surface area (Å²) in [6.07, 6.45) is 2.17. The van der Waals surface area contributed by atoms with Gasteiger partial charge in [-0.3, -0.25) is 9.00 Å². The highest BCUT2D eigenvalue weighted by molar-refractivity contribution is 7.78. The highest BCUT2D eigenvalue weighted by Crippen LogP contribution is 2.37. The zero-order valence-electron chi connectivity index (χ0n) is 16.0. The summed E-state index contributed by atoms with van der Waals surface area (Å²) in [4.78, 5) is 14.2. The first-order chi connectivity index (χ1) is 14.0. The van der Waals surface area contributed by atoms with Crippen molar-refractivity contribution in [2.75, 3.05) is 11.4 Å². The molecule has 0 aliphatic heterocycles. The van der Waals surface area contributed by atoms with Gasteiger partial charge < -0.3 is 15.2 Å². The number of carbonyl (C=O) groups excluding carboxylic acids is 1. The topological polar surface area (TPSA) is 112 Å². The van der Waals surface area contributed by atoms with Crippen molar-refractivity contribution in [3.05, 3.63) is 53.7 Å². The third-order valence-electron chi connectivity index (χ3n) is 5.13. The fourth-order valence-electron chi connectivity index (χ4n) is 3.69. The number of nitrogens with two attached hydrogens (primary N) is 1. The van der Waals surface area contributed by atoms with Crippen LogP contribution in [-0.4, -0.2) is 37.5 Å². The van der Waals surface area contributed by atoms with E-state index in [1.54, 1.807) is 6.07 Å². The van der Waals surface area contributed by atoms with Crippen LogP contribution >= 0.6 is 0 Å². The Morgan fingerprint density at radius 3 is 2.62 bits per heavy atom. The van der Waals surface area contributed by atoms with Crippen LogP contribution in [0, 0.1) is 0 Å². The molecule has 29 heavy (non-hydrogen) atoms. The maximum atomic E-state index is 12.0. The van der Waals surface area contributed by atoms with Crippen LogP contribution in [0.4, 0.5) is 5.69 Å². The monoisotopic (exact) mass is 409 g/mol. The fraction of sp³-hybridized carbons (Fsp3) is 0.286. The zero-order chi connectivity index (χ0) is 20.5. The molecule has 7 nitrogen and oxygen atoms in total. The molecular weight excluding hydrogens is 388 g/mol. The Balaban J connectivity index is 1.82. The standard InChI is InChI=1S/C21H22N4O3S/c1-2-25(16-7-8-16)20-17-9-6-15(11-18(17)23-24-19(20)21(22)26)14-5-3-4-13(10-14)12-29(27)28/h3-6,9-11,16H,2,7-8,12H2,1H3,(H2,22,26)(H,27,28)/p-1. The minimum atomic E-state index is -2.14. The predicted octanol–water partition coefficient (Wildman–Crippen LogP) is 2.76. The number of anilines is 1. The molecule has 2 N–H and O–H groups in total. The van der Waals surface area contributed by atoms with E-state index >= 15 is 0 Å². The van der Waals surface area contributed by atoms with E-state index in [-0.39, 0.29) is 11.4 Å². The zero-order valence-corrected chi connectivity index (χ0v) is 16.8. The van der Waals surface area contributed by atoms with E-state index < -0.39 is 17.0 Å². The molecule has 1 unspecified atom stereocenters. The number of benzene rings is 2. The van der Waals surface area contributed by atoms with Crippen molar-refractivity contribution in [1.29, 1.82) is 0 Å². The van der Waals surface area contributed by atoms with E-state index in [0.717, 1.165) is 47.2 Å². The van der Waals surface area contributed by atoms with Gasteiger partial charge >= 0.3 is 0 Å². The normalized spacial score (nSPS) is 14.7. The summed E-state index contributed by atoms with van der Waals surface area (Å²) in [5.74, 6) is -0.615. The van der Waals surface area contributed by atoms with E-state index in [0.29, 0.717) is 11.6 Å². The number of hydrogen-bond acceptors (Lipinski definition) is 6. The molecule has 8 heteroatoms. The molecule has 1 fully saturated rings. The summed E-state index contributed by atoms with van der Waals surface area (Å²) in [5, 5.41) is 9.21. The second-order valence-corrected chi connectivity index (χ2v) is 8.06. The molecule has 2 aromatic carbocycles. The van der Waals surface area contributed by atoms with Crippen molar-refractivity contribution in [3.8, 4) is 11.1 Å². The summed E-state index contributed by atoms with van der Waals surface area (Å²) in [5.41, 5.74) is 9.70. The van der Waals surface area contributed by atoms with Crippen LogP contribution in [0.1, 0.15) is 35.8 Å². The maximum Gasteiger partial charge on any atom is 0.271 e. The van der Waals surface area contributed by atoms with Gasteiger partial charge in [0.1, 0.15) is 0 Å². The summed E-state index contributed by atoms with van der Waals surface area (Å²) >= 11 is -2.14. The third kappa shape index (κ3) is 3.99. The van der Waals surface area contributed by atoms with Crippen molar-refractivity contribution in [2.45, 2.75) is 31.6 Å². The van der Waals surface area contributed by atoms with Crippen LogP contribution in [-0.2, 0) is 16.8 Å². The van der Waals surface area contributed by atoms with Crippen molar-refractivity contribution in [1.82, 2.24) is 10.2 Å². The molecule has 150 valence electrons. The number of hydrogen-bond donors (Lipinski definition) is 1. The first-order valence-electron chi connectivity index (χ1n) is 9.50. The molecule has 0 spiro atoms. The van der Waals surface area contributed by atoms with Gasteiger partial charge in [0, 0.05) is 23.7 Å². The number of amides is 1. The lowest BCUT2D eigenvalue weighted by atomic mass is 10.0. The van der Waals surface area contributed by atoms with Crippen molar-refractivity contribution in [2.24, 2.45) is 5.73 Å². The molecule has 1 saturated carbocycles. The van der Waals surface area contributed by atoms with E-state index in [9.17, 15) is 13.6 Å². The molecule has 1 amide bonds. The minimum Gasteiger partial charge on any atom is -0.772 e. The van der Waals surface area contributed by atoms with Gasteiger partial charge in [-0.05, 0) is 48.6 Å². The van der Waals surface area contributed by atoms with E-state index in [4.69, 9.17) is 5.73 Å². The van der Waals surface area contributed by atoms with Crippen LogP contribution in [0.5, 0.6) is 0 Å². The van der Waals surface area contributed by atoms with Gasteiger partial charge in [0.05, 0.1) is 11.2 Å². The predicted molar refractivity (Wildman–Crippen MR) is 112 cm³/mol. The summed E-state index contributed by atoms with van der Waals surface area (Å²) in [6.45, 7) is 2.80. The fourth-order valence-corrected chi connectivity index (χ4v) is 4.14. The summed E-state index contributed by atoms with van der Waals surface area (Å²) < 4.78 is 22.0. The quantitative estimate of drug-likeness (QED) is 0.601. The lowest BCUT2D eigenvalue weighted by molar-refractivity contribution is 0.0995. The van der Waals surface area contributed by atoms with Crippen LogP contribution in [0.15, 0.2) is 42.5 Å². The SMILES string of the molecule is CCN(c1c(C(N)=O)nnc2cc(-c3cccc(CS(=O)[O-])c3)ccc12)C1CC1. The third-order valence-corrected chi connectivity index (χ3v) is 5.70. The number of nitrogens with zero attached hydrogens (tertiary/aromatic N) is 3. The lowest BCUT2D eigenvalue weighted by Gasteiger charge is -2.25. The smallest absolute Gasteiger partial charge is 0.271 e. The molecule has 4 rings (SSSR count). The molecule has 0 bridgehead atoms. The van der Waals surface area contributed by atoms with Gasteiger partial charge in [-0.25, -0.2) is 0 Å². The van der Waals surface area contributed by atoms with E-state index in [1.165, 1.54) is 0 Å². The van der Waals surface area contributed by atoms with E-state index in [2.05, 4.69) is 22.0 Å². The molecule has 1 aliphatic carbocycles. The minimum absolute atomic E-state index is 0.0276. The summed E-state index contributed by atoms with van der Waals surface area (Å²) in [7, 11) is 0.